The molecule has 0 atom stereocenters. The number of rotatable bonds is 7. The summed E-state index contributed by atoms with van der Waals surface area (Å²) in [5.41, 5.74) is 0.527. The number of hydrogen-bond acceptors (Lipinski definition) is 3. The number of benzene rings is 1. The lowest BCUT2D eigenvalue weighted by molar-refractivity contribution is 0.180. The van der Waals surface area contributed by atoms with Crippen LogP contribution in [0.4, 0.5) is 0 Å². The monoisotopic (exact) mass is 359 g/mol. The van der Waals surface area contributed by atoms with Crippen LogP contribution in [0.3, 0.4) is 0 Å². The predicted molar refractivity (Wildman–Crippen MR) is 82.3 cm³/mol. The van der Waals surface area contributed by atoms with Crippen molar-refractivity contribution in [3.63, 3.8) is 0 Å². The Morgan fingerprint density at radius 3 is 2.40 bits per heavy atom. The highest BCUT2D eigenvalue weighted by molar-refractivity contribution is 7.89. The summed E-state index contributed by atoms with van der Waals surface area (Å²) in [7, 11) is -2.18. The SMILES string of the molecule is CCN(CCOC)S(=O)(=O)c1cc(CCl)c(Cl)cc1Cl. The van der Waals surface area contributed by atoms with Crippen LogP contribution in [-0.2, 0) is 20.6 Å². The molecule has 0 aliphatic rings. The van der Waals surface area contributed by atoms with Crippen LogP contribution in [0.1, 0.15) is 12.5 Å². The average molecular weight is 361 g/mol. The van der Waals surface area contributed by atoms with E-state index in [0.717, 1.165) is 0 Å². The fraction of sp³-hybridized carbons (Fsp3) is 0.500. The number of nitrogens with zero attached hydrogens (tertiary/aromatic N) is 1. The Kier molecular flexibility index (Phi) is 7.04. The second-order valence-corrected chi connectivity index (χ2v) is 6.99. The number of likely N-dealkylation sites (N-methyl/N-ethyl adjacent to an activating group) is 1. The molecule has 0 aliphatic carbocycles. The Hall–Kier alpha value is -0.0400. The zero-order valence-electron chi connectivity index (χ0n) is 11.2. The molecule has 0 unspecified atom stereocenters. The van der Waals surface area contributed by atoms with E-state index >= 15 is 0 Å². The van der Waals surface area contributed by atoms with E-state index in [4.69, 9.17) is 39.5 Å². The van der Waals surface area contributed by atoms with Crippen molar-refractivity contribution >= 4 is 44.8 Å². The molecule has 1 aromatic rings. The van der Waals surface area contributed by atoms with E-state index in [1.165, 1.54) is 23.5 Å². The molecule has 1 rings (SSSR count). The Bertz CT molecular complexity index is 563. The van der Waals surface area contributed by atoms with Crippen LogP contribution in [0.2, 0.25) is 10.0 Å². The quantitative estimate of drug-likeness (QED) is 0.700. The molecule has 8 heteroatoms. The molecule has 0 aromatic heterocycles. The third-order valence-corrected chi connectivity index (χ3v) is 5.84. The number of alkyl halides is 1. The summed E-state index contributed by atoms with van der Waals surface area (Å²) < 4.78 is 31.4. The molecular weight excluding hydrogens is 345 g/mol. The third kappa shape index (κ3) is 4.00. The number of sulfonamides is 1. The largest absolute Gasteiger partial charge is 0.383 e. The van der Waals surface area contributed by atoms with Gasteiger partial charge < -0.3 is 4.74 Å². The van der Waals surface area contributed by atoms with Crippen molar-refractivity contribution in [3.05, 3.63) is 27.7 Å². The van der Waals surface area contributed by atoms with Gasteiger partial charge in [-0.3, -0.25) is 0 Å². The number of halogens is 3. The minimum Gasteiger partial charge on any atom is -0.383 e. The van der Waals surface area contributed by atoms with Crippen molar-refractivity contribution in [1.29, 1.82) is 0 Å². The van der Waals surface area contributed by atoms with E-state index in [9.17, 15) is 8.42 Å². The predicted octanol–water partition coefficient (Wildman–Crippen LogP) is 3.39. The second kappa shape index (κ2) is 7.82. The van der Waals surface area contributed by atoms with Crippen molar-refractivity contribution in [2.75, 3.05) is 26.8 Å². The Morgan fingerprint density at radius 2 is 1.90 bits per heavy atom. The summed E-state index contributed by atoms with van der Waals surface area (Å²) in [6.45, 7) is 2.63. The zero-order valence-corrected chi connectivity index (χ0v) is 14.3. The molecule has 114 valence electrons. The van der Waals surface area contributed by atoms with Crippen molar-refractivity contribution in [3.8, 4) is 0 Å². The van der Waals surface area contributed by atoms with Crippen molar-refractivity contribution in [2.45, 2.75) is 17.7 Å². The van der Waals surface area contributed by atoms with E-state index in [0.29, 0.717) is 23.7 Å². The van der Waals surface area contributed by atoms with Crippen LogP contribution in [0.25, 0.3) is 0 Å². The van der Waals surface area contributed by atoms with E-state index in [1.54, 1.807) is 6.92 Å². The standard InChI is InChI=1S/C12H16Cl3NO3S/c1-3-16(4-5-19-2)20(17,18)12-6-9(8-13)10(14)7-11(12)15/h6-7H,3-5,8H2,1-2H3. The van der Waals surface area contributed by atoms with E-state index < -0.39 is 10.0 Å². The molecule has 0 saturated heterocycles. The molecule has 0 saturated carbocycles. The van der Waals surface area contributed by atoms with Crippen molar-refractivity contribution < 1.29 is 13.2 Å². The minimum atomic E-state index is -3.70. The maximum Gasteiger partial charge on any atom is 0.244 e. The molecule has 0 heterocycles. The zero-order chi connectivity index (χ0) is 15.3. The van der Waals surface area contributed by atoms with Gasteiger partial charge in [0.05, 0.1) is 11.6 Å². The summed E-state index contributed by atoms with van der Waals surface area (Å²) >= 11 is 17.7. The summed E-state index contributed by atoms with van der Waals surface area (Å²) in [4.78, 5) is 0.0113. The fourth-order valence-corrected chi connectivity index (χ4v) is 4.21. The van der Waals surface area contributed by atoms with Gasteiger partial charge in [-0.25, -0.2) is 8.42 Å². The lowest BCUT2D eigenvalue weighted by Gasteiger charge is -2.21. The molecule has 0 fully saturated rings. The molecule has 0 aliphatic heterocycles. The molecule has 0 N–H and O–H groups in total. The maximum atomic E-state index is 12.6. The molecule has 1 aromatic carbocycles. The average Bonchev–Trinajstić information content (AvgIpc) is 2.39. The highest BCUT2D eigenvalue weighted by Gasteiger charge is 2.26. The van der Waals surface area contributed by atoms with Crippen LogP contribution in [0, 0.1) is 0 Å². The topological polar surface area (TPSA) is 46.6 Å². The lowest BCUT2D eigenvalue weighted by Crippen LogP contribution is -2.34. The van der Waals surface area contributed by atoms with Crippen molar-refractivity contribution in [1.82, 2.24) is 4.31 Å². The first-order chi connectivity index (χ1) is 9.38. The minimum absolute atomic E-state index is 0.0113. The van der Waals surface area contributed by atoms with Crippen molar-refractivity contribution in [2.24, 2.45) is 0 Å². The van der Waals surface area contributed by atoms with Gasteiger partial charge in [-0.1, -0.05) is 30.1 Å². The summed E-state index contributed by atoms with van der Waals surface area (Å²) in [6.07, 6.45) is 0. The van der Waals surface area contributed by atoms with Crippen LogP contribution in [0.15, 0.2) is 17.0 Å². The van der Waals surface area contributed by atoms with Gasteiger partial charge in [0.2, 0.25) is 10.0 Å². The molecule has 4 nitrogen and oxygen atoms in total. The maximum absolute atomic E-state index is 12.6. The third-order valence-electron chi connectivity index (χ3n) is 2.76. The first-order valence-corrected chi connectivity index (χ1v) is 8.64. The summed E-state index contributed by atoms with van der Waals surface area (Å²) in [5.74, 6) is 0.114. The fourth-order valence-electron chi connectivity index (χ4n) is 1.65. The van der Waals surface area contributed by atoms with Gasteiger partial charge in [0.15, 0.2) is 0 Å². The molecule has 0 bridgehead atoms. The van der Waals surface area contributed by atoms with Gasteiger partial charge in [-0.05, 0) is 17.7 Å². The van der Waals surface area contributed by atoms with Crippen LogP contribution >= 0.6 is 34.8 Å². The van der Waals surface area contributed by atoms with E-state index in [-0.39, 0.29) is 22.3 Å². The Labute approximate surface area is 134 Å². The number of ether oxygens (including phenoxy) is 1. The Balaban J connectivity index is 3.26. The first-order valence-electron chi connectivity index (χ1n) is 5.91. The summed E-state index contributed by atoms with van der Waals surface area (Å²) in [5, 5.41) is 0.434. The Morgan fingerprint density at radius 1 is 1.25 bits per heavy atom. The van der Waals surface area contributed by atoms with Crippen LogP contribution in [0.5, 0.6) is 0 Å². The van der Waals surface area contributed by atoms with Gasteiger partial charge in [0.25, 0.3) is 0 Å². The van der Waals surface area contributed by atoms with Gasteiger partial charge in [0, 0.05) is 31.1 Å². The van der Waals surface area contributed by atoms with Crippen LogP contribution < -0.4 is 0 Å². The first kappa shape index (κ1) is 18.0. The molecule has 0 amide bonds. The van der Waals surface area contributed by atoms with Gasteiger partial charge in [0.1, 0.15) is 4.90 Å². The molecule has 0 spiro atoms. The normalized spacial score (nSPS) is 12.1. The number of methoxy groups -OCH3 is 1. The summed E-state index contributed by atoms with van der Waals surface area (Å²) in [6, 6.07) is 2.82. The van der Waals surface area contributed by atoms with E-state index in [2.05, 4.69) is 0 Å². The smallest absolute Gasteiger partial charge is 0.244 e. The highest BCUT2D eigenvalue weighted by atomic mass is 35.5. The number of hydrogen-bond donors (Lipinski definition) is 0. The lowest BCUT2D eigenvalue weighted by atomic mass is 10.2. The molecule has 20 heavy (non-hydrogen) atoms. The molecular formula is C12H16Cl3NO3S. The van der Waals surface area contributed by atoms with E-state index in [1.807, 2.05) is 0 Å². The van der Waals surface area contributed by atoms with Crippen LogP contribution in [-0.4, -0.2) is 39.5 Å². The molecule has 0 radical (unpaired) electrons. The van der Waals surface area contributed by atoms with Gasteiger partial charge >= 0.3 is 0 Å². The highest BCUT2D eigenvalue weighted by Crippen LogP contribution is 2.31. The second-order valence-electron chi connectivity index (χ2n) is 4.00. The van der Waals surface area contributed by atoms with Gasteiger partial charge in [-0.2, -0.15) is 4.31 Å². The van der Waals surface area contributed by atoms with Gasteiger partial charge in [-0.15, -0.1) is 11.6 Å².